The Balaban J connectivity index is 3.84. The summed E-state index contributed by atoms with van der Waals surface area (Å²) in [7, 11) is 0. The molecule has 0 aliphatic rings. The maximum Gasteiger partial charge on any atom is -0.00623 e. The minimum absolute atomic E-state index is 1.21. The van der Waals surface area contributed by atoms with E-state index < -0.39 is 0 Å². The van der Waals surface area contributed by atoms with E-state index in [-0.39, 0.29) is 0 Å². The van der Waals surface area contributed by atoms with E-state index in [1.54, 1.807) is 0 Å². The molecule has 0 aliphatic carbocycles. The molecule has 0 rings (SSSR count). The summed E-state index contributed by atoms with van der Waals surface area (Å²) in [6.45, 7) is 4.02. The number of hydrogen-bond acceptors (Lipinski definition) is 1. The van der Waals surface area contributed by atoms with Gasteiger partial charge in [-0.25, -0.2) is 0 Å². The molecule has 0 spiro atoms. The van der Waals surface area contributed by atoms with E-state index in [9.17, 15) is 0 Å². The molecule has 0 unspecified atom stereocenters. The Morgan fingerprint density at radius 2 is 2.11 bits per heavy atom. The SMILES string of the molecule is C\C=C/C(C)=C\C=C\N. The van der Waals surface area contributed by atoms with Crippen LogP contribution < -0.4 is 5.73 Å². The van der Waals surface area contributed by atoms with Crippen molar-refractivity contribution in [3.05, 3.63) is 36.1 Å². The van der Waals surface area contributed by atoms with Gasteiger partial charge in [0.25, 0.3) is 0 Å². The van der Waals surface area contributed by atoms with Gasteiger partial charge in [0.1, 0.15) is 0 Å². The van der Waals surface area contributed by atoms with E-state index in [1.165, 1.54) is 11.8 Å². The Morgan fingerprint density at radius 3 is 2.56 bits per heavy atom. The third-order valence-electron chi connectivity index (χ3n) is 0.900. The number of allylic oxidation sites excluding steroid dienone is 5. The average molecular weight is 123 g/mol. The van der Waals surface area contributed by atoms with Crippen molar-refractivity contribution < 1.29 is 0 Å². The Morgan fingerprint density at radius 1 is 1.44 bits per heavy atom. The van der Waals surface area contributed by atoms with Gasteiger partial charge >= 0.3 is 0 Å². The molecule has 0 saturated heterocycles. The quantitative estimate of drug-likeness (QED) is 0.558. The molecule has 2 N–H and O–H groups in total. The van der Waals surface area contributed by atoms with E-state index in [0.717, 1.165) is 0 Å². The van der Waals surface area contributed by atoms with Crippen molar-refractivity contribution in [2.45, 2.75) is 13.8 Å². The lowest BCUT2D eigenvalue weighted by Gasteiger charge is -1.83. The molecule has 0 radical (unpaired) electrons. The molecule has 0 heterocycles. The van der Waals surface area contributed by atoms with Crippen LogP contribution in [0.5, 0.6) is 0 Å². The van der Waals surface area contributed by atoms with Gasteiger partial charge in [0, 0.05) is 0 Å². The van der Waals surface area contributed by atoms with Crippen LogP contribution in [0.25, 0.3) is 0 Å². The zero-order valence-corrected chi connectivity index (χ0v) is 5.96. The van der Waals surface area contributed by atoms with E-state index in [0.29, 0.717) is 0 Å². The lowest BCUT2D eigenvalue weighted by molar-refractivity contribution is 1.49. The number of hydrogen-bond donors (Lipinski definition) is 1. The van der Waals surface area contributed by atoms with Gasteiger partial charge < -0.3 is 5.73 Å². The third-order valence-corrected chi connectivity index (χ3v) is 0.900. The summed E-state index contributed by atoms with van der Waals surface area (Å²) < 4.78 is 0. The zero-order chi connectivity index (χ0) is 7.11. The van der Waals surface area contributed by atoms with Crippen molar-refractivity contribution >= 4 is 0 Å². The van der Waals surface area contributed by atoms with Gasteiger partial charge in [-0.05, 0) is 26.1 Å². The molecule has 50 valence electrons. The van der Waals surface area contributed by atoms with Crippen LogP contribution in [-0.4, -0.2) is 0 Å². The Hall–Kier alpha value is -0.980. The molecule has 0 aromatic carbocycles. The van der Waals surface area contributed by atoms with Crippen LogP contribution in [0.3, 0.4) is 0 Å². The molecule has 0 aromatic heterocycles. The van der Waals surface area contributed by atoms with Crippen LogP contribution in [0.2, 0.25) is 0 Å². The summed E-state index contributed by atoms with van der Waals surface area (Å²) in [6, 6.07) is 0. The molecule has 1 nitrogen and oxygen atoms in total. The van der Waals surface area contributed by atoms with E-state index in [1.807, 2.05) is 38.2 Å². The second-order valence-corrected chi connectivity index (χ2v) is 1.80. The fraction of sp³-hybridized carbons (Fsp3) is 0.250. The van der Waals surface area contributed by atoms with Crippen LogP contribution in [0.4, 0.5) is 0 Å². The highest BCUT2D eigenvalue weighted by Gasteiger charge is 1.72. The fourth-order valence-electron chi connectivity index (χ4n) is 0.526. The highest BCUT2D eigenvalue weighted by molar-refractivity contribution is 5.20. The zero-order valence-electron chi connectivity index (χ0n) is 5.96. The minimum atomic E-state index is 1.21. The maximum absolute atomic E-state index is 5.12. The smallest absolute Gasteiger partial charge is 0.00623 e. The Kier molecular flexibility index (Phi) is 4.60. The molecular formula is C8H13N. The second-order valence-electron chi connectivity index (χ2n) is 1.80. The summed E-state index contributed by atoms with van der Waals surface area (Å²) >= 11 is 0. The van der Waals surface area contributed by atoms with Gasteiger partial charge in [0.05, 0.1) is 0 Å². The second kappa shape index (κ2) is 5.16. The van der Waals surface area contributed by atoms with Crippen molar-refractivity contribution in [1.29, 1.82) is 0 Å². The topological polar surface area (TPSA) is 26.0 Å². The molecule has 1 heteroatoms. The molecule has 0 aromatic rings. The summed E-state index contributed by atoms with van der Waals surface area (Å²) in [5.41, 5.74) is 6.33. The highest BCUT2D eigenvalue weighted by Crippen LogP contribution is 1.93. The van der Waals surface area contributed by atoms with Gasteiger partial charge in [-0.1, -0.05) is 23.8 Å². The third kappa shape index (κ3) is 4.88. The summed E-state index contributed by atoms with van der Waals surface area (Å²) in [4.78, 5) is 0. The monoisotopic (exact) mass is 123 g/mol. The fourth-order valence-corrected chi connectivity index (χ4v) is 0.526. The highest BCUT2D eigenvalue weighted by atomic mass is 14.5. The molecule has 9 heavy (non-hydrogen) atoms. The first-order valence-corrected chi connectivity index (χ1v) is 2.99. The van der Waals surface area contributed by atoms with Gasteiger partial charge in [0.2, 0.25) is 0 Å². The predicted molar refractivity (Wildman–Crippen MR) is 41.9 cm³/mol. The molecule has 0 amide bonds. The van der Waals surface area contributed by atoms with Gasteiger partial charge in [-0.15, -0.1) is 0 Å². The largest absolute Gasteiger partial charge is 0.405 e. The van der Waals surface area contributed by atoms with Crippen molar-refractivity contribution in [2.24, 2.45) is 5.73 Å². The molecule has 0 fully saturated rings. The van der Waals surface area contributed by atoms with Gasteiger partial charge in [-0.2, -0.15) is 0 Å². The van der Waals surface area contributed by atoms with Crippen LogP contribution in [-0.2, 0) is 0 Å². The van der Waals surface area contributed by atoms with Gasteiger partial charge in [-0.3, -0.25) is 0 Å². The van der Waals surface area contributed by atoms with Crippen LogP contribution in [0.1, 0.15) is 13.8 Å². The normalized spacial score (nSPS) is 13.8. The molecule has 0 aliphatic heterocycles. The average Bonchev–Trinajstić information content (AvgIpc) is 1.85. The molecule has 0 atom stereocenters. The number of rotatable bonds is 2. The summed E-state index contributed by atoms with van der Waals surface area (Å²) in [5.74, 6) is 0. The van der Waals surface area contributed by atoms with E-state index >= 15 is 0 Å². The lowest BCUT2D eigenvalue weighted by Crippen LogP contribution is -1.73. The van der Waals surface area contributed by atoms with E-state index in [2.05, 4.69) is 0 Å². The van der Waals surface area contributed by atoms with Crippen molar-refractivity contribution in [3.63, 3.8) is 0 Å². The van der Waals surface area contributed by atoms with Crippen LogP contribution in [0, 0.1) is 0 Å². The van der Waals surface area contributed by atoms with E-state index in [4.69, 9.17) is 5.73 Å². The minimum Gasteiger partial charge on any atom is -0.405 e. The number of nitrogens with two attached hydrogens (primary N) is 1. The van der Waals surface area contributed by atoms with Crippen LogP contribution >= 0.6 is 0 Å². The standard InChI is InChI=1S/C8H13N/c1-3-5-8(2)6-4-7-9/h3-7H,9H2,1-2H3/b5-3-,7-4+,8-6-. The predicted octanol–water partition coefficient (Wildman–Crippen LogP) is 1.98. The van der Waals surface area contributed by atoms with Crippen molar-refractivity contribution in [1.82, 2.24) is 0 Å². The summed E-state index contributed by atoms with van der Waals surface area (Å²) in [6.07, 6.45) is 9.32. The lowest BCUT2D eigenvalue weighted by atomic mass is 10.2. The Bertz CT molecular complexity index is 141. The van der Waals surface area contributed by atoms with Gasteiger partial charge in [0.15, 0.2) is 0 Å². The molecular weight excluding hydrogens is 110 g/mol. The first kappa shape index (κ1) is 8.02. The van der Waals surface area contributed by atoms with Crippen molar-refractivity contribution in [3.8, 4) is 0 Å². The van der Waals surface area contributed by atoms with Crippen molar-refractivity contribution in [2.75, 3.05) is 0 Å². The van der Waals surface area contributed by atoms with Crippen LogP contribution in [0.15, 0.2) is 36.1 Å². The molecule has 0 saturated carbocycles. The Labute approximate surface area is 56.6 Å². The molecule has 0 bridgehead atoms. The first-order valence-electron chi connectivity index (χ1n) is 2.99. The first-order chi connectivity index (χ1) is 4.31. The maximum atomic E-state index is 5.12. The summed E-state index contributed by atoms with van der Waals surface area (Å²) in [5, 5.41) is 0.